The number of aromatic carboxylic acids is 2. The molecule has 0 spiro atoms. The van der Waals surface area contributed by atoms with Crippen molar-refractivity contribution >= 4 is 168 Å². The van der Waals surface area contributed by atoms with E-state index in [-0.39, 0.29) is 36.8 Å². The summed E-state index contributed by atoms with van der Waals surface area (Å²) in [5, 5.41) is 59.3. The first kappa shape index (κ1) is 84.8. The molecule has 0 aliphatic heterocycles. The molecule has 10 aromatic rings. The zero-order valence-corrected chi connectivity index (χ0v) is 62.7. The van der Waals surface area contributed by atoms with Crippen LogP contribution in [0.25, 0.3) is 0 Å². The molecule has 3 aromatic heterocycles. The smallest absolute Gasteiger partial charge is 0.490 e. The third-order valence-electron chi connectivity index (χ3n) is 13.7. The number of carbonyl (C=O) groups excluding carboxylic acids is 1. The highest BCUT2D eigenvalue weighted by molar-refractivity contribution is 6.44. The molecule has 7 aromatic carbocycles. The van der Waals surface area contributed by atoms with Crippen LogP contribution in [0.3, 0.4) is 0 Å². The summed E-state index contributed by atoms with van der Waals surface area (Å²) in [7, 11) is 10.6. The lowest BCUT2D eigenvalue weighted by Gasteiger charge is -2.21. The second-order valence-corrected chi connectivity index (χ2v) is 25.0. The normalized spacial score (nSPS) is 10.5. The van der Waals surface area contributed by atoms with Crippen molar-refractivity contribution in [1.82, 2.24) is 45.4 Å². The highest BCUT2D eigenvalue weighted by atomic mass is 35.5. The maximum atomic E-state index is 12.4. The molecular formula is C66H63Cl10F3N14O10. The number of aromatic amines is 1. The monoisotopic (exact) mass is 1620 g/mol. The van der Waals surface area contributed by atoms with Gasteiger partial charge in [-0.3, -0.25) is 0 Å². The van der Waals surface area contributed by atoms with Crippen LogP contribution in [0.15, 0.2) is 140 Å². The molecule has 0 aliphatic rings. The first-order valence-electron chi connectivity index (χ1n) is 29.4. The number of esters is 1. The number of methoxy groups -OCH3 is 2. The van der Waals surface area contributed by atoms with Crippen LogP contribution < -0.4 is 35.2 Å². The molecule has 103 heavy (non-hydrogen) atoms. The molecule has 37 heteroatoms. The third kappa shape index (κ3) is 26.4. The molecule has 0 aliphatic carbocycles. The minimum absolute atomic E-state index is 0.0829. The van der Waals surface area contributed by atoms with Crippen molar-refractivity contribution in [2.24, 2.45) is 0 Å². The number of nitrogens with one attached hydrogen (secondary N) is 2. The lowest BCUT2D eigenvalue weighted by molar-refractivity contribution is -0.192. The molecule has 0 saturated heterocycles. The molecule has 0 amide bonds. The van der Waals surface area contributed by atoms with E-state index in [0.717, 1.165) is 45.4 Å². The minimum atomic E-state index is -5.08. The van der Waals surface area contributed by atoms with Gasteiger partial charge in [0.15, 0.2) is 17.1 Å². The van der Waals surface area contributed by atoms with Gasteiger partial charge >= 0.3 is 30.1 Å². The number of anilines is 5. The van der Waals surface area contributed by atoms with Crippen molar-refractivity contribution in [2.75, 3.05) is 74.8 Å². The maximum Gasteiger partial charge on any atom is 0.490 e. The number of rotatable bonds is 20. The van der Waals surface area contributed by atoms with Crippen molar-refractivity contribution in [3.05, 3.63) is 235 Å². The van der Waals surface area contributed by atoms with Gasteiger partial charge in [-0.05, 0) is 133 Å². The van der Waals surface area contributed by atoms with Crippen LogP contribution in [0.1, 0.15) is 66.6 Å². The quantitative estimate of drug-likeness (QED) is 0.0305. The van der Waals surface area contributed by atoms with Gasteiger partial charge in [-0.2, -0.15) is 23.5 Å². The summed E-state index contributed by atoms with van der Waals surface area (Å²) in [5.41, 5.74) is 12.8. The lowest BCUT2D eigenvalue weighted by atomic mass is 10.2. The number of nitrogen functional groups attached to an aromatic ring is 1. The Morgan fingerprint density at radius 2 is 0.883 bits per heavy atom. The predicted molar refractivity (Wildman–Crippen MR) is 397 cm³/mol. The van der Waals surface area contributed by atoms with Crippen molar-refractivity contribution in [1.29, 1.82) is 0 Å². The van der Waals surface area contributed by atoms with Gasteiger partial charge in [-0.1, -0.05) is 151 Å². The van der Waals surface area contributed by atoms with Gasteiger partial charge in [0.2, 0.25) is 0 Å². The first-order chi connectivity index (χ1) is 48.7. The Morgan fingerprint density at radius 1 is 0.515 bits per heavy atom. The molecule has 0 radical (unpaired) electrons. The lowest BCUT2D eigenvalue weighted by Crippen LogP contribution is -2.22. The average molecular weight is 1620 g/mol. The van der Waals surface area contributed by atoms with Gasteiger partial charge in [-0.15, -0.1) is 15.3 Å². The molecule has 3 heterocycles. The first-order valence-corrected chi connectivity index (χ1v) is 33.2. The Balaban J connectivity index is 0.000000239. The van der Waals surface area contributed by atoms with Gasteiger partial charge in [0.25, 0.3) is 0 Å². The molecule has 0 unspecified atom stereocenters. The number of aromatic nitrogens is 9. The number of H-pyrrole nitrogens is 1. The highest BCUT2D eigenvalue weighted by Crippen LogP contribution is 2.32. The van der Waals surface area contributed by atoms with E-state index in [4.69, 9.17) is 151 Å². The molecule has 0 bridgehead atoms. The van der Waals surface area contributed by atoms with E-state index in [1.54, 1.807) is 115 Å². The highest BCUT2D eigenvalue weighted by Gasteiger charge is 2.38. The fourth-order valence-corrected chi connectivity index (χ4v) is 9.86. The fourth-order valence-electron chi connectivity index (χ4n) is 8.38. The van der Waals surface area contributed by atoms with Gasteiger partial charge in [-0.25, -0.2) is 28.5 Å². The Hall–Kier alpha value is -8.87. The number of carbonyl (C=O) groups is 4. The summed E-state index contributed by atoms with van der Waals surface area (Å²) in [4.78, 5) is 49.4. The number of aliphatic carboxylic acids is 1. The number of carboxylic acid groups (broad SMARTS) is 3. The van der Waals surface area contributed by atoms with Gasteiger partial charge in [0.1, 0.15) is 17.2 Å². The van der Waals surface area contributed by atoms with Crippen LogP contribution in [0.2, 0.25) is 50.2 Å². The molecule has 24 nitrogen and oxygen atoms in total. The summed E-state index contributed by atoms with van der Waals surface area (Å²) in [5.74, 6) is -3.99. The molecule has 0 saturated carbocycles. The molecule has 0 fully saturated rings. The Morgan fingerprint density at radius 3 is 1.23 bits per heavy atom. The van der Waals surface area contributed by atoms with E-state index in [1.807, 2.05) is 97.7 Å². The number of benzene rings is 7. The number of hydrogen-bond acceptors (Lipinski definition) is 18. The summed E-state index contributed by atoms with van der Waals surface area (Å²) < 4.78 is 50.5. The molecular weight excluding hydrogens is 1560 g/mol. The summed E-state index contributed by atoms with van der Waals surface area (Å²) in [6.45, 7) is 3.78. The number of carboxylic acids is 3. The summed E-state index contributed by atoms with van der Waals surface area (Å²) in [6.07, 6.45) is -5.08. The van der Waals surface area contributed by atoms with Gasteiger partial charge in [0.05, 0.1) is 115 Å². The topological polar surface area (TPSA) is 307 Å². The number of hydrogen-bond donors (Lipinski definition) is 6. The average Bonchev–Trinajstić information content (AvgIpc) is 1.68. The summed E-state index contributed by atoms with van der Waals surface area (Å²) in [6, 6.07) is 41.2. The van der Waals surface area contributed by atoms with Gasteiger partial charge in [0, 0.05) is 56.6 Å². The number of halogens is 13. The third-order valence-corrected chi connectivity index (χ3v) is 17.4. The van der Waals surface area contributed by atoms with Crippen molar-refractivity contribution in [3.63, 3.8) is 0 Å². The largest absolute Gasteiger partial charge is 0.497 e. The van der Waals surface area contributed by atoms with Crippen molar-refractivity contribution < 1.29 is 61.9 Å². The predicted octanol–water partition coefficient (Wildman–Crippen LogP) is 17.1. The van der Waals surface area contributed by atoms with Crippen molar-refractivity contribution in [3.8, 4) is 11.5 Å². The number of nitrogens with two attached hydrogens (primary N) is 1. The number of alkyl halides is 3. The van der Waals surface area contributed by atoms with Crippen LogP contribution in [0, 0.1) is 0 Å². The van der Waals surface area contributed by atoms with Crippen LogP contribution in [0.5, 0.6) is 11.5 Å². The van der Waals surface area contributed by atoms with E-state index in [1.165, 1.54) is 0 Å². The maximum absolute atomic E-state index is 12.4. The second kappa shape index (κ2) is 40.8. The molecule has 10 rings (SSSR count). The number of nitrogens with zero attached hydrogens (tertiary/aromatic N) is 11. The van der Waals surface area contributed by atoms with E-state index >= 15 is 0 Å². The Bertz CT molecular complexity index is 4480. The Kier molecular flexibility index (Phi) is 33.6. The van der Waals surface area contributed by atoms with Crippen LogP contribution in [-0.2, 0) is 42.3 Å². The molecule has 7 N–H and O–H groups in total. The second-order valence-electron chi connectivity index (χ2n) is 20.9. The fraction of sp³-hybridized carbons (Fsp3) is 0.212. The SMILES string of the molecule is CCOC(=O)c1nnn(Cc2ccc(OC)cc2)c1CN(C)c1ccc(Cl)c(Cl)c1.CN(Cc1n[nH]nc1C(=O)O)c1ccc(Cl)c(Cl)c1.CNc1ccc(Cl)c(Cl)c1.COc1ccc(Cn2nnc(C(=O)O)c2CN(C)c2ccc(Cl)c(Cl)c2)cc1.Nc1ccc(Cl)c(Cl)c1.O=C(O)C(F)(F)F. The summed E-state index contributed by atoms with van der Waals surface area (Å²) >= 11 is 58.6. The zero-order valence-electron chi connectivity index (χ0n) is 55.1. The molecule has 548 valence electrons. The van der Waals surface area contributed by atoms with Crippen LogP contribution >= 0.6 is 116 Å². The van der Waals surface area contributed by atoms with Crippen molar-refractivity contribution in [2.45, 2.75) is 45.8 Å². The van der Waals surface area contributed by atoms with E-state index in [9.17, 15) is 32.7 Å². The minimum Gasteiger partial charge on any atom is -0.497 e. The van der Waals surface area contributed by atoms with E-state index in [2.05, 4.69) is 41.4 Å². The molecule has 0 atom stereocenters. The zero-order chi connectivity index (χ0) is 76.4. The van der Waals surface area contributed by atoms with Crippen LogP contribution in [-0.4, -0.2) is 140 Å². The number of ether oxygens (including phenoxy) is 3. The van der Waals surface area contributed by atoms with Crippen LogP contribution in [0.4, 0.5) is 41.6 Å². The Labute approximate surface area is 638 Å². The van der Waals surface area contributed by atoms with Gasteiger partial charge < -0.3 is 55.3 Å². The standard InChI is InChI=1S/C21H22Cl2N4O3.C19H18Cl2N4O3.C11H10Cl2N4O2.C7H7Cl2N.C6H5Cl2N.C2HF3O2/c1-4-30-21(28)20-19(13-26(2)15-7-10-17(22)18(23)11-15)27(25-24-20)12-14-5-8-16(29-3)9-6-14;1-24(13-5-8-15(20)16(21)9-13)11-17-18(19(26)27)22-23-25(17)10-12-3-6-14(28-2)7-4-12;1-17(6-2-3-7(12)8(13)4-6)5-9-10(11(18)19)15-16-14-9;1-10-5-2-3-6(8)7(9)4-5;7-5-2-1-4(9)3-6(5)8;3-2(4,5)1(6)7/h5-11H,4,12-13H2,1-3H3;3-9H,10-11H2,1-2H3,(H,26,27);2-4H,5H2,1H3,(H,18,19)(H,14,15,16);2-4,10H,1H3;1-3H,9H2;(H,6,7). The van der Waals surface area contributed by atoms with E-state index < -0.39 is 30.1 Å². The van der Waals surface area contributed by atoms with E-state index in [0.29, 0.717) is 92.6 Å².